The zero-order chi connectivity index (χ0) is 9.68. The standard InChI is InChI=1S/C9H12N2O2/c1-7(6-12)11-8-4-3-5-10-9(8)13-2/h3-5,12H,6H2,1-2H3. The fraction of sp³-hybridized carbons (Fsp3) is 0.333. The Hall–Kier alpha value is -1.42. The number of ether oxygens (including phenoxy) is 1. The molecule has 1 aromatic rings. The predicted octanol–water partition coefficient (Wildman–Crippen LogP) is 1.17. The maximum atomic E-state index is 8.77. The molecule has 0 radical (unpaired) electrons. The quantitative estimate of drug-likeness (QED) is 0.710. The van der Waals surface area contributed by atoms with Crippen LogP contribution in [0.15, 0.2) is 23.3 Å². The Morgan fingerprint density at radius 3 is 3.08 bits per heavy atom. The third-order valence-electron chi connectivity index (χ3n) is 1.48. The number of aliphatic imine (C=N–C) groups is 1. The number of aromatic nitrogens is 1. The molecule has 1 aromatic heterocycles. The third-order valence-corrected chi connectivity index (χ3v) is 1.48. The molecular formula is C9H12N2O2. The van der Waals surface area contributed by atoms with Crippen LogP contribution in [-0.4, -0.2) is 29.5 Å². The molecule has 0 atom stereocenters. The maximum absolute atomic E-state index is 8.77. The van der Waals surface area contributed by atoms with Gasteiger partial charge in [0.25, 0.3) is 0 Å². The lowest BCUT2D eigenvalue weighted by Crippen LogP contribution is -1.97. The van der Waals surface area contributed by atoms with E-state index in [1.807, 2.05) is 0 Å². The van der Waals surface area contributed by atoms with Crippen molar-refractivity contribution in [3.8, 4) is 5.88 Å². The number of hydrogen-bond acceptors (Lipinski definition) is 4. The van der Waals surface area contributed by atoms with Crippen LogP contribution in [0.25, 0.3) is 0 Å². The SMILES string of the molecule is COc1ncccc1N=C(C)CO. The summed E-state index contributed by atoms with van der Waals surface area (Å²) in [6, 6.07) is 3.55. The van der Waals surface area contributed by atoms with Crippen LogP contribution in [-0.2, 0) is 0 Å². The Morgan fingerprint density at radius 1 is 1.69 bits per heavy atom. The van der Waals surface area contributed by atoms with Gasteiger partial charge >= 0.3 is 0 Å². The zero-order valence-corrected chi connectivity index (χ0v) is 7.69. The number of pyridine rings is 1. The van der Waals surface area contributed by atoms with E-state index in [2.05, 4.69) is 9.98 Å². The number of nitrogens with zero attached hydrogens (tertiary/aromatic N) is 2. The van der Waals surface area contributed by atoms with Crippen molar-refractivity contribution in [3.63, 3.8) is 0 Å². The Morgan fingerprint density at radius 2 is 2.46 bits per heavy atom. The van der Waals surface area contributed by atoms with E-state index in [9.17, 15) is 0 Å². The molecule has 0 unspecified atom stereocenters. The van der Waals surface area contributed by atoms with E-state index in [-0.39, 0.29) is 6.61 Å². The van der Waals surface area contributed by atoms with Gasteiger partial charge in [0.15, 0.2) is 0 Å². The minimum absolute atomic E-state index is 0.0575. The molecule has 1 heterocycles. The van der Waals surface area contributed by atoms with Crippen LogP contribution in [0.2, 0.25) is 0 Å². The summed E-state index contributed by atoms with van der Waals surface area (Å²) in [5, 5.41) is 8.77. The van der Waals surface area contributed by atoms with Gasteiger partial charge in [0, 0.05) is 11.9 Å². The first-order chi connectivity index (χ1) is 6.27. The van der Waals surface area contributed by atoms with Crippen LogP contribution < -0.4 is 4.74 Å². The second-order valence-electron chi connectivity index (χ2n) is 2.54. The van der Waals surface area contributed by atoms with Gasteiger partial charge in [0.05, 0.1) is 13.7 Å². The molecule has 4 heteroatoms. The van der Waals surface area contributed by atoms with Crippen LogP contribution in [0.1, 0.15) is 6.92 Å². The van der Waals surface area contributed by atoms with Gasteiger partial charge in [-0.25, -0.2) is 4.98 Å². The maximum Gasteiger partial charge on any atom is 0.239 e. The van der Waals surface area contributed by atoms with Crippen LogP contribution in [0.4, 0.5) is 5.69 Å². The first-order valence-electron chi connectivity index (χ1n) is 3.92. The molecule has 0 saturated carbocycles. The predicted molar refractivity (Wildman–Crippen MR) is 50.6 cm³/mol. The van der Waals surface area contributed by atoms with E-state index in [1.54, 1.807) is 25.3 Å². The van der Waals surface area contributed by atoms with Gasteiger partial charge in [-0.15, -0.1) is 0 Å². The van der Waals surface area contributed by atoms with Crippen molar-refractivity contribution in [2.24, 2.45) is 4.99 Å². The Labute approximate surface area is 76.9 Å². The van der Waals surface area contributed by atoms with Crippen molar-refractivity contribution < 1.29 is 9.84 Å². The summed E-state index contributed by atoms with van der Waals surface area (Å²) >= 11 is 0. The fourth-order valence-corrected chi connectivity index (χ4v) is 0.866. The lowest BCUT2D eigenvalue weighted by atomic mass is 10.4. The zero-order valence-electron chi connectivity index (χ0n) is 7.69. The second kappa shape index (κ2) is 4.57. The number of hydrogen-bond donors (Lipinski definition) is 1. The fourth-order valence-electron chi connectivity index (χ4n) is 0.866. The molecule has 0 bridgehead atoms. The number of rotatable bonds is 3. The van der Waals surface area contributed by atoms with Gasteiger partial charge in [0.1, 0.15) is 5.69 Å². The normalized spacial score (nSPS) is 11.5. The van der Waals surface area contributed by atoms with Gasteiger partial charge in [-0.2, -0.15) is 0 Å². The van der Waals surface area contributed by atoms with E-state index in [0.29, 0.717) is 17.3 Å². The molecule has 0 aliphatic rings. The summed E-state index contributed by atoms with van der Waals surface area (Å²) in [5.74, 6) is 0.468. The van der Waals surface area contributed by atoms with E-state index in [4.69, 9.17) is 9.84 Å². The monoisotopic (exact) mass is 180 g/mol. The van der Waals surface area contributed by atoms with Gasteiger partial charge in [-0.3, -0.25) is 4.99 Å². The smallest absolute Gasteiger partial charge is 0.239 e. The average molecular weight is 180 g/mol. The molecule has 0 saturated heterocycles. The minimum Gasteiger partial charge on any atom is -0.479 e. The number of aliphatic hydroxyl groups excluding tert-OH is 1. The van der Waals surface area contributed by atoms with Gasteiger partial charge in [-0.1, -0.05) is 0 Å². The molecule has 1 rings (SSSR count). The molecule has 1 N–H and O–H groups in total. The summed E-state index contributed by atoms with van der Waals surface area (Å²) in [6.07, 6.45) is 1.63. The number of aliphatic hydroxyl groups is 1. The Bertz CT molecular complexity index is 310. The summed E-state index contributed by atoms with van der Waals surface area (Å²) in [6.45, 7) is 1.69. The van der Waals surface area contributed by atoms with Crippen molar-refractivity contribution in [2.45, 2.75) is 6.92 Å². The molecular weight excluding hydrogens is 168 g/mol. The van der Waals surface area contributed by atoms with Crippen molar-refractivity contribution in [1.82, 2.24) is 4.98 Å². The molecule has 0 aliphatic carbocycles. The largest absolute Gasteiger partial charge is 0.479 e. The third kappa shape index (κ3) is 2.52. The highest BCUT2D eigenvalue weighted by Gasteiger charge is 2.00. The van der Waals surface area contributed by atoms with Crippen LogP contribution in [0.5, 0.6) is 5.88 Å². The lowest BCUT2D eigenvalue weighted by molar-refractivity contribution is 0.356. The van der Waals surface area contributed by atoms with Crippen molar-refractivity contribution in [2.75, 3.05) is 13.7 Å². The molecule has 13 heavy (non-hydrogen) atoms. The van der Waals surface area contributed by atoms with Crippen LogP contribution >= 0.6 is 0 Å². The molecule has 0 spiro atoms. The van der Waals surface area contributed by atoms with Gasteiger partial charge < -0.3 is 9.84 Å². The van der Waals surface area contributed by atoms with Crippen molar-refractivity contribution in [1.29, 1.82) is 0 Å². The van der Waals surface area contributed by atoms with Crippen molar-refractivity contribution in [3.05, 3.63) is 18.3 Å². The Balaban J connectivity index is 2.99. The van der Waals surface area contributed by atoms with Crippen molar-refractivity contribution >= 4 is 11.4 Å². The average Bonchev–Trinajstić information content (AvgIpc) is 2.18. The minimum atomic E-state index is -0.0575. The van der Waals surface area contributed by atoms with Gasteiger partial charge in [-0.05, 0) is 19.1 Å². The van der Waals surface area contributed by atoms with E-state index >= 15 is 0 Å². The summed E-state index contributed by atoms with van der Waals surface area (Å²) < 4.78 is 4.99. The summed E-state index contributed by atoms with van der Waals surface area (Å²) in [4.78, 5) is 8.10. The molecule has 0 amide bonds. The second-order valence-corrected chi connectivity index (χ2v) is 2.54. The highest BCUT2D eigenvalue weighted by molar-refractivity contribution is 5.86. The van der Waals surface area contributed by atoms with E-state index < -0.39 is 0 Å². The number of methoxy groups -OCH3 is 1. The summed E-state index contributed by atoms with van der Waals surface area (Å²) in [5.41, 5.74) is 1.27. The van der Waals surface area contributed by atoms with E-state index in [0.717, 1.165) is 0 Å². The molecule has 0 fully saturated rings. The highest BCUT2D eigenvalue weighted by Crippen LogP contribution is 2.23. The topological polar surface area (TPSA) is 54.7 Å². The van der Waals surface area contributed by atoms with Crippen LogP contribution in [0, 0.1) is 0 Å². The van der Waals surface area contributed by atoms with Crippen LogP contribution in [0.3, 0.4) is 0 Å². The Kier molecular flexibility index (Phi) is 3.40. The molecule has 4 nitrogen and oxygen atoms in total. The van der Waals surface area contributed by atoms with E-state index in [1.165, 1.54) is 7.11 Å². The first kappa shape index (κ1) is 9.67. The highest BCUT2D eigenvalue weighted by atomic mass is 16.5. The first-order valence-corrected chi connectivity index (χ1v) is 3.92. The molecule has 70 valence electrons. The molecule has 0 aliphatic heterocycles. The lowest BCUT2D eigenvalue weighted by Gasteiger charge is -2.02. The molecule has 0 aromatic carbocycles. The summed E-state index contributed by atoms with van der Waals surface area (Å²) in [7, 11) is 1.54. The van der Waals surface area contributed by atoms with Gasteiger partial charge in [0.2, 0.25) is 5.88 Å².